The van der Waals surface area contributed by atoms with E-state index < -0.39 is 0 Å². The molecule has 0 fully saturated rings. The predicted octanol–water partition coefficient (Wildman–Crippen LogP) is 2.64. The molecule has 0 atom stereocenters. The number of anilines is 1. The molecule has 2 aromatic carbocycles. The highest BCUT2D eigenvalue weighted by Crippen LogP contribution is 2.14. The highest BCUT2D eigenvalue weighted by molar-refractivity contribution is 5.80. The van der Waals surface area contributed by atoms with E-state index in [1.807, 2.05) is 13.8 Å². The van der Waals surface area contributed by atoms with Gasteiger partial charge >= 0.3 is 0 Å². The summed E-state index contributed by atoms with van der Waals surface area (Å²) < 4.78 is 1.63. The van der Waals surface area contributed by atoms with Gasteiger partial charge in [0.15, 0.2) is 0 Å². The molecule has 3 rings (SSSR count). The Kier molecular flexibility index (Phi) is 3.22. The van der Waals surface area contributed by atoms with E-state index in [1.54, 1.807) is 29.1 Å². The quantitative estimate of drug-likeness (QED) is 0.734. The molecule has 0 spiro atoms. The number of nitrogens with two attached hydrogens (primary N) is 1. The molecular weight excluding hydrogens is 262 g/mol. The van der Waals surface area contributed by atoms with Gasteiger partial charge in [0.05, 0.1) is 23.8 Å². The van der Waals surface area contributed by atoms with Crippen molar-refractivity contribution in [3.05, 3.63) is 69.8 Å². The first-order valence-corrected chi connectivity index (χ1v) is 6.85. The van der Waals surface area contributed by atoms with E-state index >= 15 is 0 Å². The van der Waals surface area contributed by atoms with Crippen molar-refractivity contribution in [3.8, 4) is 0 Å². The van der Waals surface area contributed by atoms with Gasteiger partial charge in [-0.3, -0.25) is 9.36 Å². The second-order valence-electron chi connectivity index (χ2n) is 5.38. The third-order valence-corrected chi connectivity index (χ3v) is 3.69. The van der Waals surface area contributed by atoms with Crippen LogP contribution < -0.4 is 11.3 Å². The second-order valence-corrected chi connectivity index (χ2v) is 5.38. The Morgan fingerprint density at radius 3 is 2.76 bits per heavy atom. The number of aromatic nitrogens is 2. The first-order chi connectivity index (χ1) is 10.0. The molecule has 4 nitrogen and oxygen atoms in total. The van der Waals surface area contributed by atoms with Gasteiger partial charge in [-0.05, 0) is 43.2 Å². The predicted molar refractivity (Wildman–Crippen MR) is 85.4 cm³/mol. The van der Waals surface area contributed by atoms with Crippen LogP contribution >= 0.6 is 0 Å². The topological polar surface area (TPSA) is 60.9 Å². The minimum atomic E-state index is -0.0618. The van der Waals surface area contributed by atoms with Crippen molar-refractivity contribution < 1.29 is 0 Å². The van der Waals surface area contributed by atoms with E-state index in [2.05, 4.69) is 23.2 Å². The third-order valence-electron chi connectivity index (χ3n) is 3.69. The fourth-order valence-electron chi connectivity index (χ4n) is 2.44. The fraction of sp³-hybridized carbons (Fsp3) is 0.176. The monoisotopic (exact) mass is 279 g/mol. The summed E-state index contributed by atoms with van der Waals surface area (Å²) in [4.78, 5) is 16.9. The fourth-order valence-corrected chi connectivity index (χ4v) is 2.44. The Bertz CT molecular complexity index is 881. The lowest BCUT2D eigenvalue weighted by atomic mass is 10.1. The Morgan fingerprint density at radius 1 is 1.14 bits per heavy atom. The Hall–Kier alpha value is -2.62. The number of aryl methyl sites for hydroxylation is 2. The molecule has 106 valence electrons. The second kappa shape index (κ2) is 5.05. The zero-order valence-corrected chi connectivity index (χ0v) is 12.1. The molecule has 2 N–H and O–H groups in total. The molecule has 1 heterocycles. The van der Waals surface area contributed by atoms with Crippen LogP contribution in [0.1, 0.15) is 16.7 Å². The third kappa shape index (κ3) is 2.52. The summed E-state index contributed by atoms with van der Waals surface area (Å²) in [6.45, 7) is 4.61. The normalized spacial score (nSPS) is 11.0. The van der Waals surface area contributed by atoms with Crippen molar-refractivity contribution >= 4 is 16.6 Å². The first kappa shape index (κ1) is 13.4. The van der Waals surface area contributed by atoms with Crippen molar-refractivity contribution in [1.29, 1.82) is 0 Å². The van der Waals surface area contributed by atoms with Gasteiger partial charge in [-0.2, -0.15) is 0 Å². The average molecular weight is 279 g/mol. The Labute approximate surface area is 122 Å². The smallest absolute Gasteiger partial charge is 0.261 e. The van der Waals surface area contributed by atoms with Crippen LogP contribution in [-0.2, 0) is 6.54 Å². The van der Waals surface area contributed by atoms with Crippen LogP contribution in [0.25, 0.3) is 10.9 Å². The summed E-state index contributed by atoms with van der Waals surface area (Å²) in [6.07, 6.45) is 1.60. The van der Waals surface area contributed by atoms with Gasteiger partial charge in [-0.15, -0.1) is 0 Å². The van der Waals surface area contributed by atoms with E-state index in [0.29, 0.717) is 23.1 Å². The van der Waals surface area contributed by atoms with Crippen molar-refractivity contribution in [2.24, 2.45) is 0 Å². The molecule has 0 aliphatic rings. The van der Waals surface area contributed by atoms with Crippen LogP contribution in [0.15, 0.2) is 47.5 Å². The summed E-state index contributed by atoms with van der Waals surface area (Å²) >= 11 is 0. The standard InChI is InChI=1S/C17H17N3O/c1-11-3-4-12(2)13(7-11)9-20-10-19-16-6-5-14(18)8-15(16)17(20)21/h3-8,10H,9,18H2,1-2H3. The molecule has 4 heteroatoms. The summed E-state index contributed by atoms with van der Waals surface area (Å²) in [7, 11) is 0. The number of nitrogen functional groups attached to an aromatic ring is 1. The van der Waals surface area contributed by atoms with Gasteiger partial charge < -0.3 is 5.73 Å². The number of benzene rings is 2. The molecule has 0 saturated heterocycles. The molecule has 0 unspecified atom stereocenters. The number of fused-ring (bicyclic) bond motifs is 1. The van der Waals surface area contributed by atoms with E-state index in [4.69, 9.17) is 5.73 Å². The maximum absolute atomic E-state index is 12.5. The SMILES string of the molecule is Cc1ccc(C)c(Cn2cnc3ccc(N)cc3c2=O)c1. The van der Waals surface area contributed by atoms with E-state index in [-0.39, 0.29) is 5.56 Å². The number of hydrogen-bond donors (Lipinski definition) is 1. The molecule has 0 bridgehead atoms. The Balaban J connectivity index is 2.11. The van der Waals surface area contributed by atoms with Crippen molar-refractivity contribution in [2.45, 2.75) is 20.4 Å². The lowest BCUT2D eigenvalue weighted by molar-refractivity contribution is 0.744. The molecule has 0 aliphatic heterocycles. The summed E-state index contributed by atoms with van der Waals surface area (Å²) in [5, 5.41) is 0.558. The minimum absolute atomic E-state index is 0.0618. The van der Waals surface area contributed by atoms with Crippen molar-refractivity contribution in [3.63, 3.8) is 0 Å². The van der Waals surface area contributed by atoms with E-state index in [1.165, 1.54) is 11.1 Å². The van der Waals surface area contributed by atoms with Gasteiger partial charge in [-0.25, -0.2) is 4.98 Å². The first-order valence-electron chi connectivity index (χ1n) is 6.85. The van der Waals surface area contributed by atoms with Crippen LogP contribution in [0.3, 0.4) is 0 Å². The molecule has 0 radical (unpaired) electrons. The summed E-state index contributed by atoms with van der Waals surface area (Å²) in [6, 6.07) is 11.5. The largest absolute Gasteiger partial charge is 0.399 e. The van der Waals surface area contributed by atoms with Gasteiger partial charge in [0.2, 0.25) is 0 Å². The molecule has 0 aliphatic carbocycles. The number of rotatable bonds is 2. The van der Waals surface area contributed by atoms with Crippen LogP contribution in [-0.4, -0.2) is 9.55 Å². The summed E-state index contributed by atoms with van der Waals surface area (Å²) in [5.74, 6) is 0. The maximum atomic E-state index is 12.5. The van der Waals surface area contributed by atoms with Crippen LogP contribution in [0.4, 0.5) is 5.69 Å². The van der Waals surface area contributed by atoms with Crippen LogP contribution in [0.2, 0.25) is 0 Å². The lowest BCUT2D eigenvalue weighted by Crippen LogP contribution is -2.21. The van der Waals surface area contributed by atoms with Gasteiger partial charge in [0.25, 0.3) is 5.56 Å². The van der Waals surface area contributed by atoms with Gasteiger partial charge in [-0.1, -0.05) is 23.8 Å². The molecular formula is C17H17N3O. The molecule has 0 saturated carbocycles. The van der Waals surface area contributed by atoms with E-state index in [9.17, 15) is 4.79 Å². The van der Waals surface area contributed by atoms with Gasteiger partial charge in [0.1, 0.15) is 0 Å². The molecule has 1 aromatic heterocycles. The molecule has 3 aromatic rings. The average Bonchev–Trinajstić information content (AvgIpc) is 2.46. The van der Waals surface area contributed by atoms with Crippen LogP contribution in [0.5, 0.6) is 0 Å². The number of hydrogen-bond acceptors (Lipinski definition) is 3. The highest BCUT2D eigenvalue weighted by atomic mass is 16.1. The Morgan fingerprint density at radius 2 is 1.95 bits per heavy atom. The number of nitrogens with zero attached hydrogens (tertiary/aromatic N) is 2. The lowest BCUT2D eigenvalue weighted by Gasteiger charge is -2.10. The molecule has 21 heavy (non-hydrogen) atoms. The van der Waals surface area contributed by atoms with Crippen molar-refractivity contribution in [1.82, 2.24) is 9.55 Å². The maximum Gasteiger partial charge on any atom is 0.261 e. The zero-order chi connectivity index (χ0) is 15.0. The zero-order valence-electron chi connectivity index (χ0n) is 12.1. The highest BCUT2D eigenvalue weighted by Gasteiger charge is 2.06. The van der Waals surface area contributed by atoms with Gasteiger partial charge in [0, 0.05) is 5.69 Å². The van der Waals surface area contributed by atoms with Crippen molar-refractivity contribution in [2.75, 3.05) is 5.73 Å². The molecule has 0 amide bonds. The minimum Gasteiger partial charge on any atom is -0.399 e. The van der Waals surface area contributed by atoms with E-state index in [0.717, 1.165) is 5.56 Å². The van der Waals surface area contributed by atoms with Crippen LogP contribution in [0, 0.1) is 13.8 Å². The summed E-state index contributed by atoms with van der Waals surface area (Å²) in [5.41, 5.74) is 10.4.